The Kier molecular flexibility index (Phi) is 3.50. The van der Waals surface area contributed by atoms with Crippen LogP contribution in [0.2, 0.25) is 4.34 Å². The summed E-state index contributed by atoms with van der Waals surface area (Å²) < 4.78 is 14.1. The van der Waals surface area contributed by atoms with Crippen LogP contribution in [-0.2, 0) is 13.1 Å². The fourth-order valence-corrected chi connectivity index (χ4v) is 3.75. The predicted octanol–water partition coefficient (Wildman–Crippen LogP) is 4.92. The molecule has 1 aromatic heterocycles. The summed E-state index contributed by atoms with van der Waals surface area (Å²) >= 11 is 7.50. The number of thiophene rings is 1. The molecule has 0 N–H and O–H groups in total. The number of rotatable bonds is 2. The van der Waals surface area contributed by atoms with Gasteiger partial charge >= 0.3 is 0 Å². The van der Waals surface area contributed by atoms with Crippen molar-refractivity contribution in [1.29, 1.82) is 0 Å². The molecule has 0 unspecified atom stereocenters. The van der Waals surface area contributed by atoms with Crippen LogP contribution >= 0.6 is 22.9 Å². The highest BCUT2D eigenvalue weighted by molar-refractivity contribution is 7.19. The number of halogens is 2. The third-order valence-corrected chi connectivity index (χ3v) is 4.90. The van der Waals surface area contributed by atoms with Gasteiger partial charge in [0, 0.05) is 24.2 Å². The van der Waals surface area contributed by atoms with E-state index in [1.165, 1.54) is 22.6 Å². The van der Waals surface area contributed by atoms with E-state index in [1.807, 2.05) is 18.2 Å². The third kappa shape index (κ3) is 2.37. The lowest BCUT2D eigenvalue weighted by atomic mass is 9.95. The summed E-state index contributed by atoms with van der Waals surface area (Å²) in [6.45, 7) is 0.606. The predicted molar refractivity (Wildman–Crippen MR) is 81.2 cm³/mol. The minimum Gasteiger partial charge on any atom is -0.374 e. The van der Waals surface area contributed by atoms with E-state index < -0.39 is 6.67 Å². The van der Waals surface area contributed by atoms with Crippen LogP contribution in [0, 0.1) is 0 Å². The quantitative estimate of drug-likeness (QED) is 0.760. The van der Waals surface area contributed by atoms with Gasteiger partial charge in [0.2, 0.25) is 0 Å². The van der Waals surface area contributed by atoms with E-state index in [1.54, 1.807) is 0 Å². The molecule has 2 aromatic rings. The van der Waals surface area contributed by atoms with Crippen LogP contribution < -0.4 is 4.90 Å². The highest BCUT2D eigenvalue weighted by atomic mass is 35.5. The number of anilines is 1. The van der Waals surface area contributed by atoms with E-state index in [-0.39, 0.29) is 0 Å². The van der Waals surface area contributed by atoms with E-state index in [2.05, 4.69) is 18.0 Å². The summed E-state index contributed by atoms with van der Waals surface area (Å²) in [4.78, 5) is 3.26. The van der Waals surface area contributed by atoms with E-state index in [0.717, 1.165) is 39.7 Å². The van der Waals surface area contributed by atoms with Crippen molar-refractivity contribution in [2.24, 2.45) is 0 Å². The first kappa shape index (κ1) is 12.9. The lowest BCUT2D eigenvalue weighted by Gasteiger charge is -2.28. The first-order chi connectivity index (χ1) is 9.19. The van der Waals surface area contributed by atoms with Crippen molar-refractivity contribution >= 4 is 28.6 Å². The van der Waals surface area contributed by atoms with Crippen LogP contribution in [0.15, 0.2) is 24.3 Å². The zero-order chi connectivity index (χ0) is 13.4. The second kappa shape index (κ2) is 5.14. The molecule has 0 amide bonds. The molecule has 3 rings (SSSR count). The van der Waals surface area contributed by atoms with E-state index in [9.17, 15) is 4.39 Å². The number of hydrogen-bond acceptors (Lipinski definition) is 2. The maximum Gasteiger partial charge on any atom is 0.115 e. The molecule has 1 aliphatic heterocycles. The molecule has 0 bridgehead atoms. The van der Waals surface area contributed by atoms with Gasteiger partial charge in [0.15, 0.2) is 0 Å². The van der Waals surface area contributed by atoms with E-state index in [4.69, 9.17) is 11.6 Å². The van der Waals surface area contributed by atoms with Crippen LogP contribution in [0.25, 0.3) is 10.4 Å². The number of nitrogens with zero attached hydrogens (tertiary/aromatic N) is 1. The highest BCUT2D eigenvalue weighted by Gasteiger charge is 2.18. The molecular formula is C15H15ClFNS. The van der Waals surface area contributed by atoms with Crippen molar-refractivity contribution in [3.8, 4) is 10.4 Å². The zero-order valence-corrected chi connectivity index (χ0v) is 12.3. The van der Waals surface area contributed by atoms with Crippen molar-refractivity contribution < 1.29 is 4.39 Å². The van der Waals surface area contributed by atoms with Gasteiger partial charge in [-0.2, -0.15) is 0 Å². The number of alkyl halides is 1. The molecule has 1 nitrogen and oxygen atoms in total. The monoisotopic (exact) mass is 295 g/mol. The SMILES string of the molecule is CN1CCCc2cc(-c3ccc(Cl)s3)c(CF)cc21. The normalized spacial score (nSPS) is 14.6. The lowest BCUT2D eigenvalue weighted by molar-refractivity contribution is 0.486. The van der Waals surface area contributed by atoms with Gasteiger partial charge in [0.1, 0.15) is 6.67 Å². The third-order valence-electron chi connectivity index (χ3n) is 3.64. The molecule has 0 fully saturated rings. The highest BCUT2D eigenvalue weighted by Crippen LogP contribution is 2.38. The van der Waals surface area contributed by atoms with Gasteiger partial charge in [0.25, 0.3) is 0 Å². The molecule has 4 heteroatoms. The van der Waals surface area contributed by atoms with Crippen molar-refractivity contribution in [3.63, 3.8) is 0 Å². The van der Waals surface area contributed by atoms with Gasteiger partial charge in [-0.1, -0.05) is 11.6 Å². The number of hydrogen-bond donors (Lipinski definition) is 0. The van der Waals surface area contributed by atoms with Crippen LogP contribution in [-0.4, -0.2) is 13.6 Å². The largest absolute Gasteiger partial charge is 0.374 e. The number of aryl methyl sites for hydroxylation is 1. The van der Waals surface area contributed by atoms with E-state index in [0.29, 0.717) is 0 Å². The summed E-state index contributed by atoms with van der Waals surface area (Å²) in [5, 5.41) is 0. The molecule has 0 atom stereocenters. The van der Waals surface area contributed by atoms with Crippen molar-refractivity contribution in [3.05, 3.63) is 39.7 Å². The maximum atomic E-state index is 13.3. The van der Waals surface area contributed by atoms with Crippen LogP contribution in [0.5, 0.6) is 0 Å². The number of fused-ring (bicyclic) bond motifs is 1. The second-order valence-corrected chi connectivity index (χ2v) is 6.62. The Bertz CT molecular complexity index is 608. The van der Waals surface area contributed by atoms with Crippen LogP contribution in [0.1, 0.15) is 17.5 Å². The molecule has 0 aliphatic carbocycles. The molecule has 0 radical (unpaired) electrons. The lowest BCUT2D eigenvalue weighted by Crippen LogP contribution is -2.24. The first-order valence-corrected chi connectivity index (χ1v) is 7.57. The maximum absolute atomic E-state index is 13.3. The topological polar surface area (TPSA) is 3.24 Å². The second-order valence-electron chi connectivity index (χ2n) is 4.90. The van der Waals surface area contributed by atoms with Gasteiger partial charge in [-0.25, -0.2) is 4.39 Å². The molecule has 100 valence electrons. The molecule has 0 saturated heterocycles. The van der Waals surface area contributed by atoms with Crippen molar-refractivity contribution in [1.82, 2.24) is 0 Å². The molecule has 1 aliphatic rings. The van der Waals surface area contributed by atoms with Gasteiger partial charge in [0.05, 0.1) is 4.34 Å². The Morgan fingerprint density at radius 2 is 2.21 bits per heavy atom. The minimum atomic E-state index is -0.439. The molecule has 0 saturated carbocycles. The Morgan fingerprint density at radius 1 is 1.37 bits per heavy atom. The van der Waals surface area contributed by atoms with Gasteiger partial charge in [-0.3, -0.25) is 0 Å². The Balaban J connectivity index is 2.14. The average molecular weight is 296 g/mol. The summed E-state index contributed by atoms with van der Waals surface area (Å²) in [6.07, 6.45) is 2.22. The Labute approximate surface area is 121 Å². The Morgan fingerprint density at radius 3 is 2.89 bits per heavy atom. The van der Waals surface area contributed by atoms with Crippen molar-refractivity contribution in [2.45, 2.75) is 19.5 Å². The summed E-state index contributed by atoms with van der Waals surface area (Å²) in [6, 6.07) is 7.98. The standard InChI is InChI=1S/C15H15ClFNS/c1-18-6-2-3-10-7-12(11(9-17)8-13(10)18)14-4-5-15(16)19-14/h4-5,7-8H,2-3,6,9H2,1H3. The summed E-state index contributed by atoms with van der Waals surface area (Å²) in [5.41, 5.74) is 4.23. The molecule has 0 spiro atoms. The number of benzene rings is 1. The van der Waals surface area contributed by atoms with Crippen LogP contribution in [0.3, 0.4) is 0 Å². The Hall–Kier alpha value is -1.06. The van der Waals surface area contributed by atoms with E-state index >= 15 is 0 Å². The van der Waals surface area contributed by atoms with Gasteiger partial charge in [-0.05, 0) is 53.8 Å². The molecular weight excluding hydrogens is 281 g/mol. The fraction of sp³-hybridized carbons (Fsp3) is 0.333. The van der Waals surface area contributed by atoms with Gasteiger partial charge in [-0.15, -0.1) is 11.3 Å². The minimum absolute atomic E-state index is 0.439. The zero-order valence-electron chi connectivity index (χ0n) is 10.7. The average Bonchev–Trinajstić information content (AvgIpc) is 2.84. The fourth-order valence-electron chi connectivity index (χ4n) is 2.66. The molecule has 2 heterocycles. The molecule has 19 heavy (non-hydrogen) atoms. The van der Waals surface area contributed by atoms with Crippen LogP contribution in [0.4, 0.5) is 10.1 Å². The molecule has 1 aromatic carbocycles. The summed E-state index contributed by atoms with van der Waals surface area (Å²) in [5.74, 6) is 0. The summed E-state index contributed by atoms with van der Waals surface area (Å²) in [7, 11) is 2.07. The first-order valence-electron chi connectivity index (χ1n) is 6.37. The van der Waals surface area contributed by atoms with Gasteiger partial charge < -0.3 is 4.90 Å². The smallest absolute Gasteiger partial charge is 0.115 e. The van der Waals surface area contributed by atoms with Crippen molar-refractivity contribution in [2.75, 3.05) is 18.5 Å².